The molecule has 1 unspecified atom stereocenters. The van der Waals surface area contributed by atoms with Crippen LogP contribution < -0.4 is 0 Å². The van der Waals surface area contributed by atoms with E-state index in [4.69, 9.17) is 9.47 Å². The Bertz CT molecular complexity index is 655. The predicted molar refractivity (Wildman–Crippen MR) is 117 cm³/mol. The van der Waals surface area contributed by atoms with Crippen LogP contribution in [0, 0.1) is 34.5 Å². The molecule has 0 aromatic rings. The Hall–Kier alpha value is -0.420. The van der Waals surface area contributed by atoms with Gasteiger partial charge in [-0.1, -0.05) is 31.9 Å². The summed E-state index contributed by atoms with van der Waals surface area (Å²) in [5.41, 5.74) is 1.61. The van der Waals surface area contributed by atoms with E-state index < -0.39 is 0 Å². The topological polar surface area (TPSA) is 58.9 Å². The largest absolute Gasteiger partial charge is 0.393 e. The van der Waals surface area contributed by atoms with E-state index in [-0.39, 0.29) is 29.3 Å². The van der Waals surface area contributed by atoms with E-state index in [0.717, 1.165) is 64.6 Å². The Morgan fingerprint density at radius 3 is 2.80 bits per heavy atom. The number of aliphatic hydroxyl groups excluding tert-OH is 2. The zero-order chi connectivity index (χ0) is 20.9. The highest BCUT2D eigenvalue weighted by molar-refractivity contribution is 5.27. The highest BCUT2D eigenvalue weighted by atomic mass is 16.7. The second kappa shape index (κ2) is 8.17. The molecule has 9 atom stereocenters. The molecule has 5 rings (SSSR count). The van der Waals surface area contributed by atoms with Crippen LogP contribution in [0.1, 0.15) is 84.5 Å². The molecule has 4 heteroatoms. The lowest BCUT2D eigenvalue weighted by atomic mass is 9.46. The van der Waals surface area contributed by atoms with E-state index in [1.807, 2.05) is 0 Å². The summed E-state index contributed by atoms with van der Waals surface area (Å²) in [7, 11) is 0. The van der Waals surface area contributed by atoms with Gasteiger partial charge in [0.15, 0.2) is 6.29 Å². The third-order valence-corrected chi connectivity index (χ3v) is 10.1. The number of hydrogen-bond donors (Lipinski definition) is 2. The molecular formula is C26H42O4. The van der Waals surface area contributed by atoms with Gasteiger partial charge in [0.25, 0.3) is 0 Å². The smallest absolute Gasteiger partial charge is 0.157 e. The van der Waals surface area contributed by atoms with Crippen molar-refractivity contribution in [3.05, 3.63) is 11.6 Å². The van der Waals surface area contributed by atoms with Gasteiger partial charge in [0.2, 0.25) is 0 Å². The Morgan fingerprint density at radius 2 is 2.03 bits per heavy atom. The first-order valence-electron chi connectivity index (χ1n) is 12.8. The highest BCUT2D eigenvalue weighted by Crippen LogP contribution is 2.66. The maximum atomic E-state index is 11.0. The van der Waals surface area contributed by atoms with Crippen molar-refractivity contribution in [2.45, 2.75) is 103 Å². The minimum absolute atomic E-state index is 0.0489. The Morgan fingerprint density at radius 1 is 1.17 bits per heavy atom. The Labute approximate surface area is 182 Å². The molecule has 0 aromatic heterocycles. The van der Waals surface area contributed by atoms with Crippen molar-refractivity contribution in [3.8, 4) is 0 Å². The number of fused-ring (bicyclic) bond motifs is 5. The van der Waals surface area contributed by atoms with E-state index in [1.54, 1.807) is 0 Å². The first-order valence-corrected chi connectivity index (χ1v) is 12.8. The third kappa shape index (κ3) is 3.32. The molecular weight excluding hydrogens is 376 g/mol. The summed E-state index contributed by atoms with van der Waals surface area (Å²) >= 11 is 0. The molecule has 0 spiro atoms. The van der Waals surface area contributed by atoms with Crippen molar-refractivity contribution in [1.29, 1.82) is 0 Å². The van der Waals surface area contributed by atoms with Crippen LogP contribution in [-0.4, -0.2) is 41.9 Å². The molecule has 0 amide bonds. The number of aliphatic hydroxyl groups is 2. The van der Waals surface area contributed by atoms with Crippen LogP contribution >= 0.6 is 0 Å². The summed E-state index contributed by atoms with van der Waals surface area (Å²) < 4.78 is 12.4. The Balaban J connectivity index is 1.45. The van der Waals surface area contributed by atoms with E-state index in [1.165, 1.54) is 24.8 Å². The molecule has 30 heavy (non-hydrogen) atoms. The van der Waals surface area contributed by atoms with E-state index in [0.29, 0.717) is 23.7 Å². The molecule has 3 saturated carbocycles. The number of hydrogen-bond acceptors (Lipinski definition) is 4. The molecule has 0 aromatic carbocycles. The lowest BCUT2D eigenvalue weighted by molar-refractivity contribution is -0.193. The number of allylic oxidation sites excluding steroid dienone is 1. The van der Waals surface area contributed by atoms with Gasteiger partial charge in [-0.3, -0.25) is 0 Å². The van der Waals surface area contributed by atoms with Crippen molar-refractivity contribution < 1.29 is 19.7 Å². The quantitative estimate of drug-likeness (QED) is 0.642. The SMILES string of the molecule is CC[C@H]1C[C@H](O)[C@@]2(C)CC[C@H]3[C@@H](CC=C4C[C@@H](O)CC[C@@]43COC3CCCCO3)[C@H]12. The standard InChI is InChI=1S/C26H42O4/c1-3-17-14-22(28)25(2)11-10-21-20(24(17)25)8-7-18-15-19(27)9-12-26(18,21)16-30-23-6-4-5-13-29-23/h7,17,19-24,27-28H,3-6,8-16H2,1-2H3/t17-,19-,20+,21-,22-,23?,24-,25+,26+/m0/s1. The monoisotopic (exact) mass is 418 g/mol. The molecule has 170 valence electrons. The van der Waals surface area contributed by atoms with Gasteiger partial charge < -0.3 is 19.7 Å². The van der Waals surface area contributed by atoms with Gasteiger partial charge in [0.05, 0.1) is 18.8 Å². The van der Waals surface area contributed by atoms with Crippen LogP contribution in [0.3, 0.4) is 0 Å². The fraction of sp³-hybridized carbons (Fsp3) is 0.923. The van der Waals surface area contributed by atoms with E-state index in [2.05, 4.69) is 19.9 Å². The summed E-state index contributed by atoms with van der Waals surface area (Å²) in [5, 5.41) is 21.4. The minimum atomic E-state index is -0.197. The van der Waals surface area contributed by atoms with Gasteiger partial charge in [-0.2, -0.15) is 0 Å². The molecule has 1 heterocycles. The summed E-state index contributed by atoms with van der Waals surface area (Å²) in [6.45, 7) is 6.26. The van der Waals surface area contributed by atoms with Crippen molar-refractivity contribution in [3.63, 3.8) is 0 Å². The fourth-order valence-electron chi connectivity index (χ4n) is 8.47. The third-order valence-electron chi connectivity index (χ3n) is 10.1. The van der Waals surface area contributed by atoms with Crippen molar-refractivity contribution >= 4 is 0 Å². The normalized spacial score (nSPS) is 50.9. The first kappa shape index (κ1) is 21.4. The molecule has 4 nitrogen and oxygen atoms in total. The second-order valence-electron chi connectivity index (χ2n) is 11.4. The van der Waals surface area contributed by atoms with Crippen LogP contribution in [0.15, 0.2) is 11.6 Å². The Kier molecular flexibility index (Phi) is 5.84. The van der Waals surface area contributed by atoms with Gasteiger partial charge in [-0.15, -0.1) is 0 Å². The molecule has 4 aliphatic carbocycles. The van der Waals surface area contributed by atoms with Crippen LogP contribution in [0.2, 0.25) is 0 Å². The maximum absolute atomic E-state index is 11.0. The first-order chi connectivity index (χ1) is 14.5. The zero-order valence-corrected chi connectivity index (χ0v) is 19.0. The van der Waals surface area contributed by atoms with Crippen molar-refractivity contribution in [2.24, 2.45) is 34.5 Å². The van der Waals surface area contributed by atoms with Gasteiger partial charge in [-0.25, -0.2) is 0 Å². The number of ether oxygens (including phenoxy) is 2. The predicted octanol–water partition coefficient (Wildman–Crippen LogP) is 4.83. The van der Waals surface area contributed by atoms with Gasteiger partial charge in [-0.05, 0) is 93.3 Å². The zero-order valence-electron chi connectivity index (χ0n) is 19.0. The highest BCUT2D eigenvalue weighted by Gasteiger charge is 2.62. The van der Waals surface area contributed by atoms with Gasteiger partial charge >= 0.3 is 0 Å². The van der Waals surface area contributed by atoms with Crippen molar-refractivity contribution in [1.82, 2.24) is 0 Å². The fourth-order valence-corrected chi connectivity index (χ4v) is 8.47. The van der Waals surface area contributed by atoms with Crippen LogP contribution in [-0.2, 0) is 9.47 Å². The number of rotatable bonds is 4. The summed E-state index contributed by atoms with van der Waals surface area (Å²) in [6.07, 6.45) is 13.8. The lowest BCUT2D eigenvalue weighted by Crippen LogP contribution is -2.54. The molecule has 4 fully saturated rings. The molecule has 2 N–H and O–H groups in total. The average Bonchev–Trinajstić information content (AvgIpc) is 3.03. The molecule has 0 radical (unpaired) electrons. The molecule has 1 aliphatic heterocycles. The van der Waals surface area contributed by atoms with Crippen molar-refractivity contribution in [2.75, 3.05) is 13.2 Å². The summed E-state index contributed by atoms with van der Waals surface area (Å²) in [5.74, 6) is 2.51. The second-order valence-corrected chi connectivity index (χ2v) is 11.4. The molecule has 1 saturated heterocycles. The molecule has 0 bridgehead atoms. The van der Waals surface area contributed by atoms with Crippen LogP contribution in [0.4, 0.5) is 0 Å². The summed E-state index contributed by atoms with van der Waals surface area (Å²) in [6, 6.07) is 0. The molecule has 5 aliphatic rings. The van der Waals surface area contributed by atoms with E-state index in [9.17, 15) is 10.2 Å². The van der Waals surface area contributed by atoms with Gasteiger partial charge in [0, 0.05) is 12.0 Å². The summed E-state index contributed by atoms with van der Waals surface area (Å²) in [4.78, 5) is 0. The van der Waals surface area contributed by atoms with Crippen LogP contribution in [0.25, 0.3) is 0 Å². The van der Waals surface area contributed by atoms with Crippen LogP contribution in [0.5, 0.6) is 0 Å². The average molecular weight is 419 g/mol. The maximum Gasteiger partial charge on any atom is 0.157 e. The minimum Gasteiger partial charge on any atom is -0.393 e. The lowest BCUT2D eigenvalue weighted by Gasteiger charge is -2.59. The van der Waals surface area contributed by atoms with Gasteiger partial charge in [0.1, 0.15) is 0 Å². The van der Waals surface area contributed by atoms with E-state index >= 15 is 0 Å².